The van der Waals surface area contributed by atoms with Gasteiger partial charge in [-0.15, -0.1) is 0 Å². The largest absolute Gasteiger partial charge is 0.481 e. The molecule has 0 radical (unpaired) electrons. The maximum atomic E-state index is 13.5. The molecular formula is C13H17FN2O3. The summed E-state index contributed by atoms with van der Waals surface area (Å²) in [5.41, 5.74) is 0.930. The molecule has 0 aliphatic carbocycles. The van der Waals surface area contributed by atoms with Crippen molar-refractivity contribution in [2.24, 2.45) is 0 Å². The number of rotatable bonds is 5. The van der Waals surface area contributed by atoms with Crippen LogP contribution < -0.4 is 5.32 Å². The van der Waals surface area contributed by atoms with Crippen molar-refractivity contribution in [2.75, 3.05) is 18.9 Å². The highest BCUT2D eigenvalue weighted by atomic mass is 19.1. The monoisotopic (exact) mass is 268 g/mol. The van der Waals surface area contributed by atoms with E-state index in [9.17, 15) is 14.0 Å². The maximum absolute atomic E-state index is 13.5. The molecule has 2 amide bonds. The zero-order chi connectivity index (χ0) is 14.4. The van der Waals surface area contributed by atoms with Crippen molar-refractivity contribution in [3.63, 3.8) is 0 Å². The predicted octanol–water partition coefficient (Wildman–Crippen LogP) is 2.33. The Kier molecular flexibility index (Phi) is 5.29. The molecule has 104 valence electrons. The molecule has 1 rings (SSSR count). The summed E-state index contributed by atoms with van der Waals surface area (Å²) in [6.07, 6.45) is 0.450. The van der Waals surface area contributed by atoms with Gasteiger partial charge in [-0.3, -0.25) is 4.79 Å². The van der Waals surface area contributed by atoms with Crippen LogP contribution in [0.1, 0.15) is 18.9 Å². The number of carboxylic acid groups (broad SMARTS) is 1. The summed E-state index contributed by atoms with van der Waals surface area (Å²) < 4.78 is 13.5. The number of nitrogens with one attached hydrogen (secondary N) is 1. The number of hydrogen-bond donors (Lipinski definition) is 2. The number of amides is 2. The molecule has 0 aromatic heterocycles. The molecule has 0 fully saturated rings. The number of carbonyl (C=O) groups excluding carboxylic acids is 1. The van der Waals surface area contributed by atoms with E-state index in [0.29, 0.717) is 17.7 Å². The summed E-state index contributed by atoms with van der Waals surface area (Å²) in [6, 6.07) is 4.01. The molecule has 5 nitrogen and oxygen atoms in total. The summed E-state index contributed by atoms with van der Waals surface area (Å²) in [4.78, 5) is 23.3. The SMILES string of the molecule is CCc1ccc(NC(=O)N(C)CCC(=O)O)cc1F. The van der Waals surface area contributed by atoms with E-state index in [1.54, 1.807) is 12.1 Å². The Balaban J connectivity index is 2.61. The molecule has 0 saturated carbocycles. The average Bonchev–Trinajstić information content (AvgIpc) is 2.36. The number of halogens is 1. The number of anilines is 1. The Morgan fingerprint density at radius 3 is 2.63 bits per heavy atom. The number of hydrogen-bond acceptors (Lipinski definition) is 2. The molecule has 0 aliphatic heterocycles. The van der Waals surface area contributed by atoms with Crippen LogP contribution in [0.3, 0.4) is 0 Å². The maximum Gasteiger partial charge on any atom is 0.321 e. The minimum absolute atomic E-state index is 0.0939. The third-order valence-corrected chi connectivity index (χ3v) is 2.69. The van der Waals surface area contributed by atoms with Crippen LogP contribution in [0.15, 0.2) is 18.2 Å². The molecule has 0 spiro atoms. The summed E-state index contributed by atoms with van der Waals surface area (Å²) in [5.74, 6) is -1.34. The van der Waals surface area contributed by atoms with Gasteiger partial charge in [0, 0.05) is 19.3 Å². The summed E-state index contributed by atoms with van der Waals surface area (Å²) in [7, 11) is 1.48. The second-order valence-electron chi connectivity index (χ2n) is 4.16. The van der Waals surface area contributed by atoms with Gasteiger partial charge in [-0.05, 0) is 24.1 Å². The highest BCUT2D eigenvalue weighted by Gasteiger charge is 2.11. The lowest BCUT2D eigenvalue weighted by molar-refractivity contribution is -0.137. The van der Waals surface area contributed by atoms with E-state index in [0.717, 1.165) is 0 Å². The fraction of sp³-hybridized carbons (Fsp3) is 0.385. The van der Waals surface area contributed by atoms with Crippen molar-refractivity contribution in [3.05, 3.63) is 29.6 Å². The Morgan fingerprint density at radius 1 is 1.42 bits per heavy atom. The first-order valence-corrected chi connectivity index (χ1v) is 5.96. The molecule has 1 aromatic carbocycles. The van der Waals surface area contributed by atoms with E-state index in [2.05, 4.69) is 5.32 Å². The summed E-state index contributed by atoms with van der Waals surface area (Å²) >= 11 is 0. The first-order valence-electron chi connectivity index (χ1n) is 5.96. The highest BCUT2D eigenvalue weighted by molar-refractivity contribution is 5.89. The van der Waals surface area contributed by atoms with Crippen LogP contribution in [0.2, 0.25) is 0 Å². The molecule has 19 heavy (non-hydrogen) atoms. The molecule has 0 unspecified atom stereocenters. The Hall–Kier alpha value is -2.11. The molecule has 0 aliphatic rings. The van der Waals surface area contributed by atoms with Gasteiger partial charge in [-0.2, -0.15) is 0 Å². The molecule has 6 heteroatoms. The standard InChI is InChI=1S/C13H17FN2O3/c1-3-9-4-5-10(8-11(9)14)15-13(19)16(2)7-6-12(17)18/h4-5,8H,3,6-7H2,1-2H3,(H,15,19)(H,17,18). The zero-order valence-corrected chi connectivity index (χ0v) is 10.9. The number of carboxylic acids is 1. The van der Waals surface area contributed by atoms with Crippen molar-refractivity contribution >= 4 is 17.7 Å². The van der Waals surface area contributed by atoms with Gasteiger partial charge in [0.25, 0.3) is 0 Å². The zero-order valence-electron chi connectivity index (χ0n) is 10.9. The Bertz CT molecular complexity index is 477. The van der Waals surface area contributed by atoms with Crippen LogP contribution in [0, 0.1) is 5.82 Å². The van der Waals surface area contributed by atoms with Gasteiger partial charge >= 0.3 is 12.0 Å². The second-order valence-corrected chi connectivity index (χ2v) is 4.16. The van der Waals surface area contributed by atoms with Crippen molar-refractivity contribution in [2.45, 2.75) is 19.8 Å². The van der Waals surface area contributed by atoms with Crippen molar-refractivity contribution < 1.29 is 19.1 Å². The highest BCUT2D eigenvalue weighted by Crippen LogP contribution is 2.15. The van der Waals surface area contributed by atoms with Gasteiger partial charge in [-0.25, -0.2) is 9.18 Å². The topological polar surface area (TPSA) is 69.6 Å². The fourth-order valence-electron chi connectivity index (χ4n) is 1.50. The average molecular weight is 268 g/mol. The third kappa shape index (κ3) is 4.57. The van der Waals surface area contributed by atoms with E-state index in [4.69, 9.17) is 5.11 Å². The van der Waals surface area contributed by atoms with E-state index >= 15 is 0 Å². The number of urea groups is 1. The predicted molar refractivity (Wildman–Crippen MR) is 69.7 cm³/mol. The van der Waals surface area contributed by atoms with E-state index in [-0.39, 0.29) is 18.8 Å². The lowest BCUT2D eigenvalue weighted by Gasteiger charge is -2.17. The second kappa shape index (κ2) is 6.72. The van der Waals surface area contributed by atoms with E-state index in [1.807, 2.05) is 6.92 Å². The van der Waals surface area contributed by atoms with Gasteiger partial charge in [0.15, 0.2) is 0 Å². The quantitative estimate of drug-likeness (QED) is 0.861. The molecule has 0 bridgehead atoms. The molecule has 1 aromatic rings. The van der Waals surface area contributed by atoms with Gasteiger partial charge < -0.3 is 15.3 Å². The lowest BCUT2D eigenvalue weighted by atomic mass is 10.1. The minimum Gasteiger partial charge on any atom is -0.481 e. The smallest absolute Gasteiger partial charge is 0.321 e. The van der Waals surface area contributed by atoms with Gasteiger partial charge in [-0.1, -0.05) is 13.0 Å². The molecule has 0 atom stereocenters. The molecular weight excluding hydrogens is 251 g/mol. The van der Waals surface area contributed by atoms with Crippen molar-refractivity contribution in [1.82, 2.24) is 4.90 Å². The lowest BCUT2D eigenvalue weighted by Crippen LogP contribution is -2.33. The van der Waals surface area contributed by atoms with E-state index < -0.39 is 12.0 Å². The molecule has 2 N–H and O–H groups in total. The van der Waals surface area contributed by atoms with Crippen molar-refractivity contribution in [1.29, 1.82) is 0 Å². The number of aryl methyl sites for hydroxylation is 1. The Morgan fingerprint density at radius 2 is 2.11 bits per heavy atom. The van der Waals surface area contributed by atoms with Gasteiger partial charge in [0.05, 0.1) is 6.42 Å². The summed E-state index contributed by atoms with van der Waals surface area (Å²) in [5, 5.41) is 11.0. The number of benzene rings is 1. The first-order chi connectivity index (χ1) is 8.93. The van der Waals surface area contributed by atoms with Crippen LogP contribution >= 0.6 is 0 Å². The number of nitrogens with zero attached hydrogens (tertiary/aromatic N) is 1. The van der Waals surface area contributed by atoms with E-state index in [1.165, 1.54) is 18.0 Å². The summed E-state index contributed by atoms with van der Waals surface area (Å²) in [6.45, 7) is 1.94. The van der Waals surface area contributed by atoms with Crippen LogP contribution in [-0.4, -0.2) is 35.6 Å². The van der Waals surface area contributed by atoms with Crippen LogP contribution in [0.4, 0.5) is 14.9 Å². The van der Waals surface area contributed by atoms with Crippen molar-refractivity contribution in [3.8, 4) is 0 Å². The first kappa shape index (κ1) is 14.9. The minimum atomic E-state index is -0.974. The van der Waals surface area contributed by atoms with Crippen LogP contribution in [-0.2, 0) is 11.2 Å². The third-order valence-electron chi connectivity index (χ3n) is 2.69. The fourth-order valence-corrected chi connectivity index (χ4v) is 1.50. The van der Waals surface area contributed by atoms with Crippen LogP contribution in [0.25, 0.3) is 0 Å². The molecule has 0 saturated heterocycles. The van der Waals surface area contributed by atoms with Gasteiger partial charge in [0.1, 0.15) is 5.82 Å². The van der Waals surface area contributed by atoms with Crippen LogP contribution in [0.5, 0.6) is 0 Å². The molecule has 0 heterocycles. The number of aliphatic carboxylic acids is 1. The Labute approximate surface area is 111 Å². The van der Waals surface area contributed by atoms with Gasteiger partial charge in [0.2, 0.25) is 0 Å². The normalized spacial score (nSPS) is 10.1. The number of carbonyl (C=O) groups is 2.